The fourth-order valence-electron chi connectivity index (χ4n) is 2.60. The van der Waals surface area contributed by atoms with E-state index in [4.69, 9.17) is 0 Å². The Kier molecular flexibility index (Phi) is 2.14. The molecule has 0 spiro atoms. The van der Waals surface area contributed by atoms with E-state index in [1.165, 1.54) is 32.4 Å². The molecular formula is C16H10IN. The monoisotopic (exact) mass is 343 g/mol. The van der Waals surface area contributed by atoms with Gasteiger partial charge < -0.3 is 0 Å². The van der Waals surface area contributed by atoms with Crippen molar-refractivity contribution in [3.8, 4) is 0 Å². The second kappa shape index (κ2) is 3.72. The number of hydrogen-bond acceptors (Lipinski definition) is 0. The number of benzene rings is 3. The highest BCUT2D eigenvalue weighted by Crippen LogP contribution is 2.30. The van der Waals surface area contributed by atoms with Crippen LogP contribution in [0.5, 0.6) is 0 Å². The van der Waals surface area contributed by atoms with E-state index in [-0.39, 0.29) is 0 Å². The van der Waals surface area contributed by atoms with Crippen molar-refractivity contribution in [1.29, 1.82) is 0 Å². The lowest BCUT2D eigenvalue weighted by molar-refractivity contribution is 1.43. The minimum Gasteiger partial charge on any atom is -0.290 e. The minimum atomic E-state index is 1.28. The van der Waals surface area contributed by atoms with Gasteiger partial charge in [0.15, 0.2) is 0 Å². The van der Waals surface area contributed by atoms with E-state index in [1.54, 1.807) is 0 Å². The van der Waals surface area contributed by atoms with Gasteiger partial charge in [0.1, 0.15) is 0 Å². The smallest absolute Gasteiger partial charge is 0.0640 e. The summed E-state index contributed by atoms with van der Waals surface area (Å²) in [4.78, 5) is 0. The summed E-state index contributed by atoms with van der Waals surface area (Å²) in [6.07, 6.45) is 2.10. The van der Waals surface area contributed by atoms with Gasteiger partial charge in [-0.15, -0.1) is 0 Å². The van der Waals surface area contributed by atoms with Crippen molar-refractivity contribution in [3.63, 3.8) is 0 Å². The summed E-state index contributed by atoms with van der Waals surface area (Å²) >= 11 is 2.32. The van der Waals surface area contributed by atoms with Gasteiger partial charge in [-0.1, -0.05) is 36.4 Å². The lowest BCUT2D eigenvalue weighted by atomic mass is 10.0. The van der Waals surface area contributed by atoms with Crippen LogP contribution in [-0.2, 0) is 0 Å². The third-order valence-corrected chi connectivity index (χ3v) is 4.35. The highest BCUT2D eigenvalue weighted by Gasteiger charge is 2.04. The average Bonchev–Trinajstić information content (AvgIpc) is 2.78. The van der Waals surface area contributed by atoms with Gasteiger partial charge in [-0.05, 0) is 39.7 Å². The summed E-state index contributed by atoms with van der Waals surface area (Å²) in [6.45, 7) is 0. The second-order valence-electron chi connectivity index (χ2n) is 4.55. The van der Waals surface area contributed by atoms with Crippen LogP contribution in [0.3, 0.4) is 0 Å². The normalized spacial score (nSPS) is 11.6. The topological polar surface area (TPSA) is 4.93 Å². The second-order valence-corrected chi connectivity index (χ2v) is 5.59. The fraction of sp³-hybridized carbons (Fsp3) is 0. The Morgan fingerprint density at radius 2 is 1.56 bits per heavy atom. The minimum absolute atomic E-state index is 1.28. The molecule has 0 aliphatic heterocycles. The Morgan fingerprint density at radius 1 is 0.722 bits per heavy atom. The maximum atomic E-state index is 2.32. The Bertz CT molecular complexity index is 889. The summed E-state index contributed by atoms with van der Waals surface area (Å²) in [5, 5.41) is 6.57. The van der Waals surface area contributed by atoms with Gasteiger partial charge in [-0.25, -0.2) is 0 Å². The molecule has 0 saturated heterocycles. The van der Waals surface area contributed by atoms with Crippen LogP contribution in [0.25, 0.3) is 32.4 Å². The van der Waals surface area contributed by atoms with Crippen LogP contribution in [0.1, 0.15) is 0 Å². The molecule has 1 nitrogen and oxygen atoms in total. The molecule has 0 N–H and O–H groups in total. The number of nitrogens with zero attached hydrogens (tertiary/aromatic N) is 1. The van der Waals surface area contributed by atoms with Crippen LogP contribution >= 0.6 is 22.9 Å². The predicted molar refractivity (Wildman–Crippen MR) is 86.4 cm³/mol. The lowest BCUT2D eigenvalue weighted by Gasteiger charge is -2.05. The standard InChI is InChI=1S/C16H10IN/c17-18-8-7-13-9-15-12(10-16(13)18)6-5-11-3-1-2-4-14(11)15/h1-10H. The van der Waals surface area contributed by atoms with Gasteiger partial charge in [0.05, 0.1) is 28.4 Å². The number of halogens is 1. The number of fused-ring (bicyclic) bond motifs is 4. The molecule has 4 rings (SSSR count). The molecule has 18 heavy (non-hydrogen) atoms. The van der Waals surface area contributed by atoms with Crippen LogP contribution in [0, 0.1) is 0 Å². The van der Waals surface area contributed by atoms with Crippen molar-refractivity contribution in [2.45, 2.75) is 0 Å². The summed E-state index contributed by atoms with van der Waals surface area (Å²) in [7, 11) is 0. The first-order chi connectivity index (χ1) is 8.83. The first kappa shape index (κ1) is 10.4. The quantitative estimate of drug-likeness (QED) is 0.308. The molecule has 0 radical (unpaired) electrons. The summed E-state index contributed by atoms with van der Waals surface area (Å²) < 4.78 is 2.14. The van der Waals surface area contributed by atoms with Crippen molar-refractivity contribution in [2.75, 3.05) is 0 Å². The van der Waals surface area contributed by atoms with Crippen LogP contribution in [0.2, 0.25) is 0 Å². The molecule has 0 atom stereocenters. The molecule has 0 aliphatic carbocycles. The van der Waals surface area contributed by atoms with Gasteiger partial charge in [0, 0.05) is 11.6 Å². The van der Waals surface area contributed by atoms with Gasteiger partial charge in [-0.2, -0.15) is 0 Å². The number of hydrogen-bond donors (Lipinski definition) is 0. The van der Waals surface area contributed by atoms with E-state index in [9.17, 15) is 0 Å². The molecule has 2 heteroatoms. The first-order valence-electron chi connectivity index (χ1n) is 5.92. The van der Waals surface area contributed by atoms with E-state index in [1.807, 2.05) is 0 Å². The highest BCUT2D eigenvalue weighted by atomic mass is 127. The molecule has 1 aromatic heterocycles. The first-order valence-corrected chi connectivity index (χ1v) is 6.88. The number of rotatable bonds is 0. The van der Waals surface area contributed by atoms with Crippen LogP contribution in [0.15, 0.2) is 60.8 Å². The van der Waals surface area contributed by atoms with E-state index < -0.39 is 0 Å². The molecule has 3 aromatic carbocycles. The van der Waals surface area contributed by atoms with Crippen molar-refractivity contribution < 1.29 is 0 Å². The maximum Gasteiger partial charge on any atom is 0.0640 e. The molecule has 0 fully saturated rings. The Labute approximate surface area is 119 Å². The highest BCUT2D eigenvalue weighted by molar-refractivity contribution is 14.1. The molecule has 0 unspecified atom stereocenters. The summed E-state index contributed by atoms with van der Waals surface area (Å²) in [5.41, 5.74) is 1.28. The Hall–Kier alpha value is -1.55. The fourth-order valence-corrected chi connectivity index (χ4v) is 3.18. The zero-order chi connectivity index (χ0) is 12.1. The van der Waals surface area contributed by atoms with Crippen molar-refractivity contribution in [2.24, 2.45) is 0 Å². The van der Waals surface area contributed by atoms with E-state index in [0.717, 1.165) is 0 Å². The maximum absolute atomic E-state index is 2.32. The number of aromatic nitrogens is 1. The summed E-state index contributed by atoms with van der Waals surface area (Å²) in [6, 6.07) is 19.7. The third-order valence-electron chi connectivity index (χ3n) is 3.51. The lowest BCUT2D eigenvalue weighted by Crippen LogP contribution is -1.80. The molecule has 1 heterocycles. The van der Waals surface area contributed by atoms with Gasteiger partial charge in [0.2, 0.25) is 0 Å². The van der Waals surface area contributed by atoms with Crippen molar-refractivity contribution in [1.82, 2.24) is 2.78 Å². The molecule has 0 aliphatic rings. The van der Waals surface area contributed by atoms with E-state index in [0.29, 0.717) is 0 Å². The zero-order valence-electron chi connectivity index (χ0n) is 9.60. The summed E-state index contributed by atoms with van der Waals surface area (Å²) in [5.74, 6) is 0. The average molecular weight is 343 g/mol. The Morgan fingerprint density at radius 3 is 2.50 bits per heavy atom. The van der Waals surface area contributed by atoms with E-state index in [2.05, 4.69) is 86.4 Å². The SMILES string of the molecule is In1ccc2cc3c(ccc4ccccc43)cc21. The van der Waals surface area contributed by atoms with Crippen molar-refractivity contribution in [3.05, 3.63) is 60.8 Å². The van der Waals surface area contributed by atoms with Crippen LogP contribution in [0.4, 0.5) is 0 Å². The van der Waals surface area contributed by atoms with Crippen LogP contribution in [-0.4, -0.2) is 2.78 Å². The largest absolute Gasteiger partial charge is 0.290 e. The van der Waals surface area contributed by atoms with Gasteiger partial charge in [0.25, 0.3) is 0 Å². The molecule has 0 saturated carbocycles. The molecular weight excluding hydrogens is 333 g/mol. The predicted octanol–water partition coefficient (Wildman–Crippen LogP) is 5.15. The molecule has 86 valence electrons. The van der Waals surface area contributed by atoms with E-state index >= 15 is 0 Å². The molecule has 4 aromatic rings. The third kappa shape index (κ3) is 1.38. The van der Waals surface area contributed by atoms with Crippen LogP contribution < -0.4 is 0 Å². The Balaban J connectivity index is 2.27. The van der Waals surface area contributed by atoms with Crippen molar-refractivity contribution >= 4 is 55.3 Å². The molecule has 0 amide bonds. The molecule has 0 bridgehead atoms. The van der Waals surface area contributed by atoms with Gasteiger partial charge >= 0.3 is 0 Å². The zero-order valence-corrected chi connectivity index (χ0v) is 11.8. The van der Waals surface area contributed by atoms with Gasteiger partial charge in [-0.3, -0.25) is 2.78 Å².